The molecule has 186 valence electrons. The van der Waals surface area contributed by atoms with E-state index in [2.05, 4.69) is 133 Å². The van der Waals surface area contributed by atoms with Gasteiger partial charge in [-0.2, -0.15) is 0 Å². The normalized spacial score (nSPS) is 12.0. The van der Waals surface area contributed by atoms with E-state index in [0.717, 1.165) is 0 Å². The van der Waals surface area contributed by atoms with Gasteiger partial charge in [0, 0.05) is 30.4 Å². The summed E-state index contributed by atoms with van der Waals surface area (Å²) in [6, 6.07) is 47.3. The molecule has 0 unspecified atom stereocenters. The van der Waals surface area contributed by atoms with Crippen LogP contribution in [0.2, 0.25) is 0 Å². The third kappa shape index (κ3) is 3.12. The molecule has 40 heavy (non-hydrogen) atoms. The predicted molar refractivity (Wildman–Crippen MR) is 178 cm³/mol. The number of thiophene rings is 2. The minimum Gasteiger partial charge on any atom is -0.144 e. The number of rotatable bonds is 2. The van der Waals surface area contributed by atoms with Crippen molar-refractivity contribution in [3.8, 4) is 22.3 Å². The molecule has 2 heteroatoms. The molecule has 2 aromatic heterocycles. The van der Waals surface area contributed by atoms with Crippen LogP contribution in [0.15, 0.2) is 133 Å². The Balaban J connectivity index is 1.44. The Kier molecular flexibility index (Phi) is 4.74. The van der Waals surface area contributed by atoms with Gasteiger partial charge in [-0.05, 0) is 78.0 Å². The maximum atomic E-state index is 2.39. The minimum absolute atomic E-state index is 1.27. The van der Waals surface area contributed by atoms with E-state index < -0.39 is 0 Å². The summed E-state index contributed by atoms with van der Waals surface area (Å²) in [6.07, 6.45) is 0. The third-order valence-corrected chi connectivity index (χ3v) is 10.4. The second kappa shape index (κ2) is 8.50. The molecule has 0 aliphatic heterocycles. The molecule has 0 aliphatic rings. The molecule has 0 saturated carbocycles. The summed E-state index contributed by atoms with van der Waals surface area (Å²) in [5, 5.41) is 14.0. The summed E-state index contributed by atoms with van der Waals surface area (Å²) >= 11 is 3.75. The molecule has 0 radical (unpaired) electrons. The van der Waals surface area contributed by atoms with Crippen molar-refractivity contribution in [3.63, 3.8) is 0 Å². The van der Waals surface area contributed by atoms with E-state index in [1.165, 1.54) is 84.8 Å². The van der Waals surface area contributed by atoms with Crippen molar-refractivity contribution in [2.75, 3.05) is 0 Å². The van der Waals surface area contributed by atoms with Crippen LogP contribution in [0.1, 0.15) is 0 Å². The van der Waals surface area contributed by atoms with Crippen LogP contribution in [0.4, 0.5) is 0 Å². The molecule has 0 N–H and O–H groups in total. The highest BCUT2D eigenvalue weighted by molar-refractivity contribution is 7.26. The summed E-state index contributed by atoms with van der Waals surface area (Å²) in [5.74, 6) is 0. The van der Waals surface area contributed by atoms with Gasteiger partial charge in [0.15, 0.2) is 0 Å². The molecule has 0 atom stereocenters. The standard InChI is InChI=1S/C38H22S2/c1-2-11-25-23(9-1)10-7-16-26(25)36-27-12-3-5-14-29(27)37(30-15-6-4-13-28(30)36)32-18-8-17-31-33-22-34-24(19-20-39-34)21-35(33)40-38(31)32/h1-22H. The van der Waals surface area contributed by atoms with Gasteiger partial charge in [-0.25, -0.2) is 0 Å². The molecular formula is C38H22S2. The van der Waals surface area contributed by atoms with Gasteiger partial charge in [0.1, 0.15) is 0 Å². The number of hydrogen-bond acceptors (Lipinski definition) is 2. The topological polar surface area (TPSA) is 0 Å². The molecule has 0 aliphatic carbocycles. The highest BCUT2D eigenvalue weighted by atomic mass is 32.1. The highest BCUT2D eigenvalue weighted by Gasteiger charge is 2.20. The first-order valence-electron chi connectivity index (χ1n) is 13.6. The van der Waals surface area contributed by atoms with Crippen LogP contribution in [0.3, 0.4) is 0 Å². The lowest BCUT2D eigenvalue weighted by Gasteiger charge is -2.19. The zero-order valence-corrected chi connectivity index (χ0v) is 23.2. The largest absolute Gasteiger partial charge is 0.144 e. The highest BCUT2D eigenvalue weighted by Crippen LogP contribution is 2.49. The Morgan fingerprint density at radius 2 is 0.950 bits per heavy atom. The van der Waals surface area contributed by atoms with E-state index in [-0.39, 0.29) is 0 Å². The summed E-state index contributed by atoms with van der Waals surface area (Å²) < 4.78 is 4.07. The van der Waals surface area contributed by atoms with Crippen LogP contribution in [-0.4, -0.2) is 0 Å². The Morgan fingerprint density at radius 3 is 1.70 bits per heavy atom. The number of benzene rings is 7. The first-order valence-corrected chi connectivity index (χ1v) is 15.3. The Morgan fingerprint density at radius 1 is 0.375 bits per heavy atom. The van der Waals surface area contributed by atoms with Crippen LogP contribution in [0.5, 0.6) is 0 Å². The molecule has 0 spiro atoms. The van der Waals surface area contributed by atoms with Gasteiger partial charge in [-0.15, -0.1) is 22.7 Å². The van der Waals surface area contributed by atoms with E-state index in [0.29, 0.717) is 0 Å². The van der Waals surface area contributed by atoms with E-state index in [4.69, 9.17) is 0 Å². The van der Waals surface area contributed by atoms with Gasteiger partial charge in [-0.3, -0.25) is 0 Å². The molecule has 2 heterocycles. The Bertz CT molecular complexity index is 2370. The van der Waals surface area contributed by atoms with E-state index >= 15 is 0 Å². The van der Waals surface area contributed by atoms with Crippen molar-refractivity contribution in [3.05, 3.63) is 133 Å². The molecule has 0 fully saturated rings. The second-order valence-corrected chi connectivity index (χ2v) is 12.5. The van der Waals surface area contributed by atoms with Crippen LogP contribution >= 0.6 is 22.7 Å². The number of fused-ring (bicyclic) bond motifs is 7. The van der Waals surface area contributed by atoms with Gasteiger partial charge in [-0.1, -0.05) is 109 Å². The van der Waals surface area contributed by atoms with Crippen LogP contribution in [0.25, 0.3) is 84.8 Å². The molecule has 0 amide bonds. The minimum atomic E-state index is 1.27. The lowest BCUT2D eigenvalue weighted by molar-refractivity contribution is 1.69. The summed E-state index contributed by atoms with van der Waals surface area (Å²) in [7, 11) is 0. The fraction of sp³-hybridized carbons (Fsp3) is 0. The van der Waals surface area contributed by atoms with Crippen LogP contribution in [-0.2, 0) is 0 Å². The van der Waals surface area contributed by atoms with Gasteiger partial charge < -0.3 is 0 Å². The van der Waals surface area contributed by atoms with Crippen molar-refractivity contribution in [1.29, 1.82) is 0 Å². The average Bonchev–Trinajstić information content (AvgIpc) is 3.62. The van der Waals surface area contributed by atoms with Crippen LogP contribution < -0.4 is 0 Å². The molecule has 9 aromatic rings. The quantitative estimate of drug-likeness (QED) is 0.191. The zero-order chi connectivity index (χ0) is 26.2. The molecule has 0 bridgehead atoms. The van der Waals surface area contributed by atoms with Gasteiger partial charge in [0.05, 0.1) is 0 Å². The number of hydrogen-bond donors (Lipinski definition) is 0. The van der Waals surface area contributed by atoms with Gasteiger partial charge >= 0.3 is 0 Å². The lowest BCUT2D eigenvalue weighted by Crippen LogP contribution is -1.91. The summed E-state index contributed by atoms with van der Waals surface area (Å²) in [6.45, 7) is 0. The second-order valence-electron chi connectivity index (χ2n) is 10.5. The maximum absolute atomic E-state index is 2.39. The van der Waals surface area contributed by atoms with Gasteiger partial charge in [0.2, 0.25) is 0 Å². The Hall–Kier alpha value is -4.50. The first kappa shape index (κ1) is 22.3. The smallest absolute Gasteiger partial charge is 0.0434 e. The first-order chi connectivity index (χ1) is 19.8. The van der Waals surface area contributed by atoms with E-state index in [9.17, 15) is 0 Å². The van der Waals surface area contributed by atoms with Crippen molar-refractivity contribution < 1.29 is 0 Å². The lowest BCUT2D eigenvalue weighted by atomic mass is 9.84. The van der Waals surface area contributed by atoms with Gasteiger partial charge in [0.25, 0.3) is 0 Å². The molecule has 0 saturated heterocycles. The van der Waals surface area contributed by atoms with Crippen molar-refractivity contribution in [2.24, 2.45) is 0 Å². The fourth-order valence-corrected chi connectivity index (χ4v) is 8.66. The fourth-order valence-electron chi connectivity index (χ4n) is 6.60. The summed E-state index contributed by atoms with van der Waals surface area (Å²) in [4.78, 5) is 0. The molecule has 9 rings (SSSR count). The zero-order valence-electron chi connectivity index (χ0n) is 21.5. The molecular weight excluding hydrogens is 521 g/mol. The monoisotopic (exact) mass is 542 g/mol. The maximum Gasteiger partial charge on any atom is 0.0434 e. The van der Waals surface area contributed by atoms with E-state index in [1.807, 2.05) is 22.7 Å². The molecule has 0 nitrogen and oxygen atoms in total. The SMILES string of the molecule is c1ccc2c(-c3c4ccccc4c(-c4cccc5c4sc4cc6ccsc6cc45)c4ccccc34)cccc2c1. The van der Waals surface area contributed by atoms with E-state index in [1.54, 1.807) is 0 Å². The van der Waals surface area contributed by atoms with Crippen molar-refractivity contribution in [2.45, 2.75) is 0 Å². The van der Waals surface area contributed by atoms with Crippen molar-refractivity contribution >= 4 is 85.2 Å². The predicted octanol–water partition coefficient (Wildman–Crippen LogP) is 12.1. The Labute approximate surface area is 239 Å². The average molecular weight is 543 g/mol. The summed E-state index contributed by atoms with van der Waals surface area (Å²) in [5.41, 5.74) is 5.25. The molecule has 7 aromatic carbocycles. The van der Waals surface area contributed by atoms with Crippen molar-refractivity contribution in [1.82, 2.24) is 0 Å². The van der Waals surface area contributed by atoms with Crippen LogP contribution in [0, 0.1) is 0 Å². The third-order valence-electron chi connectivity index (χ3n) is 8.33.